The monoisotopic (exact) mass is 419 g/mol. The molecule has 0 amide bonds. The number of carboxylic acids is 1. The molecule has 27 heavy (non-hydrogen) atoms. The quantitative estimate of drug-likeness (QED) is 0.527. The summed E-state index contributed by atoms with van der Waals surface area (Å²) in [6.07, 6.45) is 0.813. The molecule has 0 aliphatic carbocycles. The molecule has 150 valence electrons. The molecular formula is C16H21NO8S2. The van der Waals surface area contributed by atoms with Gasteiger partial charge in [0.05, 0.1) is 0 Å². The summed E-state index contributed by atoms with van der Waals surface area (Å²) in [5, 5.41) is 8.41. The van der Waals surface area contributed by atoms with E-state index >= 15 is 0 Å². The Balaban J connectivity index is 0.000000345. The van der Waals surface area contributed by atoms with E-state index in [4.69, 9.17) is 19.9 Å². The molecule has 0 aromatic heterocycles. The second-order valence-electron chi connectivity index (χ2n) is 5.81. The van der Waals surface area contributed by atoms with Crippen LogP contribution in [0.1, 0.15) is 20.3 Å². The molecule has 2 aromatic carbocycles. The average Bonchev–Trinajstić information content (AvgIpc) is 2.58. The van der Waals surface area contributed by atoms with E-state index in [1.165, 1.54) is 24.3 Å². The van der Waals surface area contributed by atoms with Gasteiger partial charge in [-0.25, -0.2) is 0 Å². The first-order chi connectivity index (χ1) is 12.3. The molecule has 2 atom stereocenters. The standard InChI is InChI=1S/C10H8O6S2.C6H13NO2/c11-17(12,13)9-5-1-3-7-8(9)4-2-6-10(7)18(14,15)16;1-3-4(2)5(7)6(8)9/h1-6H,(H,11,12,13)(H,14,15,16);4-5H,3,7H2,1-2H3,(H,8,9). The van der Waals surface area contributed by atoms with Crippen LogP contribution in [-0.4, -0.2) is 43.1 Å². The molecule has 0 aliphatic heterocycles. The van der Waals surface area contributed by atoms with Gasteiger partial charge in [-0.2, -0.15) is 16.8 Å². The highest BCUT2D eigenvalue weighted by Gasteiger charge is 2.19. The van der Waals surface area contributed by atoms with Crippen LogP contribution in [0.4, 0.5) is 0 Å². The lowest BCUT2D eigenvalue weighted by Crippen LogP contribution is -2.36. The Morgan fingerprint density at radius 2 is 1.33 bits per heavy atom. The summed E-state index contributed by atoms with van der Waals surface area (Å²) >= 11 is 0. The van der Waals surface area contributed by atoms with Gasteiger partial charge in [-0.1, -0.05) is 44.5 Å². The first-order valence-electron chi connectivity index (χ1n) is 7.75. The Kier molecular flexibility index (Phi) is 7.46. The number of rotatable bonds is 5. The Bertz CT molecular complexity index is 960. The van der Waals surface area contributed by atoms with Crippen LogP contribution in [0.25, 0.3) is 10.8 Å². The van der Waals surface area contributed by atoms with Crippen LogP contribution < -0.4 is 5.73 Å². The van der Waals surface area contributed by atoms with Crippen molar-refractivity contribution in [1.29, 1.82) is 0 Å². The van der Waals surface area contributed by atoms with Crippen molar-refractivity contribution in [1.82, 2.24) is 0 Å². The van der Waals surface area contributed by atoms with Gasteiger partial charge in [0, 0.05) is 10.8 Å². The van der Waals surface area contributed by atoms with Crippen molar-refractivity contribution in [2.24, 2.45) is 11.7 Å². The molecule has 2 unspecified atom stereocenters. The van der Waals surface area contributed by atoms with Gasteiger partial charge in [0.15, 0.2) is 0 Å². The van der Waals surface area contributed by atoms with Gasteiger partial charge >= 0.3 is 5.97 Å². The van der Waals surface area contributed by atoms with E-state index in [1.54, 1.807) is 0 Å². The van der Waals surface area contributed by atoms with E-state index in [0.29, 0.717) is 0 Å². The summed E-state index contributed by atoms with van der Waals surface area (Å²) in [6, 6.07) is 6.83. The SMILES string of the molecule is CCC(C)C(N)C(=O)O.O=S(=O)(O)c1cccc2c(S(=O)(=O)O)cccc12. The van der Waals surface area contributed by atoms with Crippen molar-refractivity contribution >= 4 is 37.0 Å². The molecule has 0 fully saturated rings. The van der Waals surface area contributed by atoms with Crippen molar-refractivity contribution in [3.05, 3.63) is 36.4 Å². The zero-order valence-electron chi connectivity index (χ0n) is 14.6. The zero-order chi connectivity index (χ0) is 21.0. The van der Waals surface area contributed by atoms with Crippen molar-refractivity contribution < 1.29 is 35.8 Å². The Morgan fingerprint density at radius 1 is 0.963 bits per heavy atom. The van der Waals surface area contributed by atoms with Crippen molar-refractivity contribution in [3.63, 3.8) is 0 Å². The van der Waals surface area contributed by atoms with Crippen LogP contribution in [0.5, 0.6) is 0 Å². The van der Waals surface area contributed by atoms with E-state index in [9.17, 15) is 21.6 Å². The smallest absolute Gasteiger partial charge is 0.320 e. The summed E-state index contributed by atoms with van der Waals surface area (Å²) in [6.45, 7) is 3.76. The maximum Gasteiger partial charge on any atom is 0.320 e. The maximum atomic E-state index is 11.2. The first-order valence-corrected chi connectivity index (χ1v) is 10.6. The van der Waals surface area contributed by atoms with Crippen molar-refractivity contribution in [2.45, 2.75) is 36.1 Å². The number of hydrogen-bond acceptors (Lipinski definition) is 6. The van der Waals surface area contributed by atoms with Crippen molar-refractivity contribution in [3.8, 4) is 0 Å². The summed E-state index contributed by atoms with van der Waals surface area (Å²) in [5.74, 6) is -0.841. The largest absolute Gasteiger partial charge is 0.480 e. The molecule has 2 aromatic rings. The fraction of sp³-hybridized carbons (Fsp3) is 0.312. The predicted octanol–water partition coefficient (Wildman–Crippen LogP) is 1.78. The number of carbonyl (C=O) groups is 1. The number of nitrogens with two attached hydrogens (primary N) is 1. The molecule has 0 bridgehead atoms. The van der Waals surface area contributed by atoms with Gasteiger partial charge in [0.25, 0.3) is 20.2 Å². The highest BCUT2D eigenvalue weighted by Crippen LogP contribution is 2.27. The van der Waals surface area contributed by atoms with Gasteiger partial charge < -0.3 is 10.8 Å². The van der Waals surface area contributed by atoms with E-state index in [0.717, 1.165) is 18.6 Å². The molecule has 0 spiro atoms. The number of fused-ring (bicyclic) bond motifs is 1. The van der Waals surface area contributed by atoms with Crippen LogP contribution in [0.15, 0.2) is 46.2 Å². The maximum absolute atomic E-state index is 11.2. The second kappa shape index (κ2) is 8.76. The fourth-order valence-electron chi connectivity index (χ4n) is 2.20. The summed E-state index contributed by atoms with van der Waals surface area (Å²) in [5.41, 5.74) is 5.27. The number of carboxylic acid groups (broad SMARTS) is 1. The number of benzene rings is 2. The van der Waals surface area contributed by atoms with E-state index in [-0.39, 0.29) is 16.7 Å². The number of aliphatic carboxylic acids is 1. The molecule has 0 radical (unpaired) electrons. The average molecular weight is 419 g/mol. The van der Waals surface area contributed by atoms with E-state index < -0.39 is 42.0 Å². The summed E-state index contributed by atoms with van der Waals surface area (Å²) < 4.78 is 62.7. The third kappa shape index (κ3) is 5.97. The lowest BCUT2D eigenvalue weighted by Gasteiger charge is -2.11. The highest BCUT2D eigenvalue weighted by molar-refractivity contribution is 7.86. The summed E-state index contributed by atoms with van der Waals surface area (Å²) in [4.78, 5) is 9.35. The molecule has 0 aliphatic rings. The lowest BCUT2D eigenvalue weighted by molar-refractivity contribution is -0.139. The Labute approximate surface area is 157 Å². The Morgan fingerprint density at radius 3 is 1.56 bits per heavy atom. The van der Waals surface area contributed by atoms with Gasteiger partial charge in [-0.15, -0.1) is 0 Å². The van der Waals surface area contributed by atoms with Gasteiger partial charge in [0.1, 0.15) is 15.8 Å². The zero-order valence-corrected chi connectivity index (χ0v) is 16.2. The van der Waals surface area contributed by atoms with Crippen LogP contribution in [-0.2, 0) is 25.0 Å². The minimum Gasteiger partial charge on any atom is -0.480 e. The highest BCUT2D eigenvalue weighted by atomic mass is 32.2. The molecule has 5 N–H and O–H groups in total. The topological polar surface area (TPSA) is 172 Å². The minimum atomic E-state index is -4.47. The normalized spacial score (nSPS) is 14.1. The third-order valence-electron chi connectivity index (χ3n) is 3.94. The summed E-state index contributed by atoms with van der Waals surface area (Å²) in [7, 11) is -8.94. The van der Waals surface area contributed by atoms with Gasteiger partial charge in [-0.3, -0.25) is 13.9 Å². The number of hydrogen-bond donors (Lipinski definition) is 4. The van der Waals surface area contributed by atoms with E-state index in [1.807, 2.05) is 13.8 Å². The predicted molar refractivity (Wildman–Crippen MR) is 98.6 cm³/mol. The molecule has 0 saturated heterocycles. The molecule has 9 nitrogen and oxygen atoms in total. The minimum absolute atomic E-state index is 0.0233. The van der Waals surface area contributed by atoms with Crippen LogP contribution in [0.2, 0.25) is 0 Å². The first kappa shape index (κ1) is 23.0. The van der Waals surface area contributed by atoms with Crippen LogP contribution >= 0.6 is 0 Å². The van der Waals surface area contributed by atoms with Crippen molar-refractivity contribution in [2.75, 3.05) is 0 Å². The third-order valence-corrected chi connectivity index (χ3v) is 5.76. The second-order valence-corrected chi connectivity index (χ2v) is 8.59. The molecule has 0 saturated carbocycles. The lowest BCUT2D eigenvalue weighted by atomic mass is 10.0. The fourth-order valence-corrected chi connectivity index (χ4v) is 3.61. The van der Waals surface area contributed by atoms with Gasteiger partial charge in [-0.05, 0) is 18.1 Å². The van der Waals surface area contributed by atoms with Crippen LogP contribution in [0.3, 0.4) is 0 Å². The molecule has 2 rings (SSSR count). The molecular weight excluding hydrogens is 398 g/mol. The Hall–Kier alpha value is -2.05. The molecule has 0 heterocycles. The van der Waals surface area contributed by atoms with Crippen LogP contribution in [0, 0.1) is 5.92 Å². The molecule has 11 heteroatoms. The van der Waals surface area contributed by atoms with Gasteiger partial charge in [0.2, 0.25) is 0 Å². The van der Waals surface area contributed by atoms with E-state index in [2.05, 4.69) is 0 Å².